The Labute approximate surface area is 157 Å². The molecule has 2 aromatic carbocycles. The van der Waals surface area contributed by atoms with Crippen molar-refractivity contribution in [2.75, 3.05) is 20.7 Å². The third kappa shape index (κ3) is 3.99. The number of amides is 2. The second-order valence-electron chi connectivity index (χ2n) is 6.43. The molecule has 6 heteroatoms. The molecule has 1 unspecified atom stereocenters. The molecule has 1 atom stereocenters. The summed E-state index contributed by atoms with van der Waals surface area (Å²) in [5, 5.41) is 3.23. The molecule has 1 aliphatic heterocycles. The molecule has 2 aromatic rings. The average molecular weight is 373 g/mol. The molecule has 26 heavy (non-hydrogen) atoms. The molecule has 0 fully saturated rings. The third-order valence-electron chi connectivity index (χ3n) is 4.52. The minimum atomic E-state index is -0.226. The lowest BCUT2D eigenvalue weighted by molar-refractivity contribution is -0.136. The predicted octanol–water partition coefficient (Wildman–Crippen LogP) is 2.91. The normalized spacial score (nSPS) is 15.6. The van der Waals surface area contributed by atoms with Gasteiger partial charge in [0.1, 0.15) is 12.4 Å². The van der Waals surface area contributed by atoms with Gasteiger partial charge in [0, 0.05) is 31.2 Å². The van der Waals surface area contributed by atoms with Crippen LogP contribution in [0.1, 0.15) is 21.5 Å². The average Bonchev–Trinajstić information content (AvgIpc) is 2.66. The van der Waals surface area contributed by atoms with Gasteiger partial charge in [-0.3, -0.25) is 9.59 Å². The van der Waals surface area contributed by atoms with Gasteiger partial charge in [0.15, 0.2) is 0 Å². The molecule has 0 radical (unpaired) electrons. The molecule has 136 valence electrons. The Morgan fingerprint density at radius 2 is 1.96 bits per heavy atom. The van der Waals surface area contributed by atoms with Gasteiger partial charge in [0.2, 0.25) is 5.91 Å². The highest BCUT2D eigenvalue weighted by atomic mass is 35.5. The van der Waals surface area contributed by atoms with Crippen LogP contribution in [-0.4, -0.2) is 37.4 Å². The molecular formula is C20H21ClN2O3. The van der Waals surface area contributed by atoms with Crippen LogP contribution >= 0.6 is 11.6 Å². The van der Waals surface area contributed by atoms with Crippen molar-refractivity contribution < 1.29 is 14.3 Å². The van der Waals surface area contributed by atoms with E-state index in [0.717, 1.165) is 16.9 Å². The van der Waals surface area contributed by atoms with E-state index in [0.29, 0.717) is 30.2 Å². The molecule has 0 saturated carbocycles. The van der Waals surface area contributed by atoms with Gasteiger partial charge in [-0.2, -0.15) is 0 Å². The van der Waals surface area contributed by atoms with Crippen molar-refractivity contribution in [1.29, 1.82) is 0 Å². The molecule has 0 spiro atoms. The molecule has 0 bridgehead atoms. The van der Waals surface area contributed by atoms with Crippen molar-refractivity contribution in [3.8, 4) is 5.75 Å². The second kappa shape index (κ2) is 7.79. The van der Waals surface area contributed by atoms with E-state index < -0.39 is 0 Å². The predicted molar refractivity (Wildman–Crippen MR) is 100 cm³/mol. The number of carbonyl (C=O) groups excluding carboxylic acids is 2. The quantitative estimate of drug-likeness (QED) is 0.897. The van der Waals surface area contributed by atoms with E-state index in [9.17, 15) is 9.59 Å². The van der Waals surface area contributed by atoms with E-state index >= 15 is 0 Å². The van der Waals surface area contributed by atoms with Crippen LogP contribution in [0.2, 0.25) is 5.02 Å². The Hall–Kier alpha value is -2.53. The largest absolute Gasteiger partial charge is 0.492 e. The zero-order valence-corrected chi connectivity index (χ0v) is 15.5. The first-order valence-corrected chi connectivity index (χ1v) is 8.83. The standard InChI is InChI=1S/C20H21ClN2O3/c1-22-19(24)14-5-3-13(4-6-14)11-23(2)20(25)16-9-15-10-17(21)7-8-18(15)26-12-16/h3-8,10,16H,9,11-12H2,1-2H3,(H,22,24). The van der Waals surface area contributed by atoms with Crippen LogP contribution in [0.5, 0.6) is 5.75 Å². The molecule has 0 saturated heterocycles. The summed E-state index contributed by atoms with van der Waals surface area (Å²) < 4.78 is 5.72. The van der Waals surface area contributed by atoms with Gasteiger partial charge in [-0.1, -0.05) is 23.7 Å². The molecule has 1 heterocycles. The monoisotopic (exact) mass is 372 g/mol. The van der Waals surface area contributed by atoms with Crippen molar-refractivity contribution >= 4 is 23.4 Å². The van der Waals surface area contributed by atoms with Crippen LogP contribution in [0.3, 0.4) is 0 Å². The number of carbonyl (C=O) groups is 2. The molecule has 5 nitrogen and oxygen atoms in total. The van der Waals surface area contributed by atoms with E-state index in [-0.39, 0.29) is 17.7 Å². The first kappa shape index (κ1) is 18.3. The lowest BCUT2D eigenvalue weighted by atomic mass is 9.95. The van der Waals surface area contributed by atoms with Crippen molar-refractivity contribution in [1.82, 2.24) is 10.2 Å². The number of benzene rings is 2. The highest BCUT2D eigenvalue weighted by Gasteiger charge is 2.28. The lowest BCUT2D eigenvalue weighted by Crippen LogP contribution is -2.38. The molecule has 0 aromatic heterocycles. The van der Waals surface area contributed by atoms with Crippen LogP contribution in [0, 0.1) is 5.92 Å². The van der Waals surface area contributed by atoms with Gasteiger partial charge in [-0.15, -0.1) is 0 Å². The zero-order valence-electron chi connectivity index (χ0n) is 14.8. The number of nitrogens with one attached hydrogen (secondary N) is 1. The maximum atomic E-state index is 12.8. The van der Waals surface area contributed by atoms with E-state index in [4.69, 9.17) is 16.3 Å². The number of hydrogen-bond donors (Lipinski definition) is 1. The summed E-state index contributed by atoms with van der Waals surface area (Å²) in [5.41, 5.74) is 2.53. The molecule has 1 aliphatic rings. The van der Waals surface area contributed by atoms with E-state index in [1.807, 2.05) is 24.3 Å². The lowest BCUT2D eigenvalue weighted by Gasteiger charge is -2.28. The fraction of sp³-hybridized carbons (Fsp3) is 0.300. The Balaban J connectivity index is 1.64. The summed E-state index contributed by atoms with van der Waals surface area (Å²) in [6.07, 6.45) is 0.620. The Kier molecular flexibility index (Phi) is 5.47. The third-order valence-corrected chi connectivity index (χ3v) is 4.75. The van der Waals surface area contributed by atoms with Crippen molar-refractivity contribution in [3.05, 3.63) is 64.2 Å². The van der Waals surface area contributed by atoms with Crippen LogP contribution < -0.4 is 10.1 Å². The van der Waals surface area contributed by atoms with Crippen LogP contribution in [-0.2, 0) is 17.8 Å². The van der Waals surface area contributed by atoms with E-state index in [2.05, 4.69) is 5.32 Å². The van der Waals surface area contributed by atoms with E-state index in [1.54, 1.807) is 37.2 Å². The van der Waals surface area contributed by atoms with Crippen LogP contribution in [0.15, 0.2) is 42.5 Å². The molecule has 0 aliphatic carbocycles. The zero-order chi connectivity index (χ0) is 18.7. The summed E-state index contributed by atoms with van der Waals surface area (Å²) in [4.78, 5) is 26.0. The summed E-state index contributed by atoms with van der Waals surface area (Å²) >= 11 is 6.04. The van der Waals surface area contributed by atoms with Crippen molar-refractivity contribution in [2.45, 2.75) is 13.0 Å². The SMILES string of the molecule is CNC(=O)c1ccc(CN(C)C(=O)C2COc3ccc(Cl)cc3C2)cc1. The van der Waals surface area contributed by atoms with Gasteiger partial charge in [-0.25, -0.2) is 0 Å². The summed E-state index contributed by atoms with van der Waals surface area (Å²) in [7, 11) is 3.38. The number of nitrogens with zero attached hydrogens (tertiary/aromatic N) is 1. The number of fused-ring (bicyclic) bond motifs is 1. The van der Waals surface area contributed by atoms with Crippen molar-refractivity contribution in [2.24, 2.45) is 5.92 Å². The molecule has 1 N–H and O–H groups in total. The highest BCUT2D eigenvalue weighted by molar-refractivity contribution is 6.30. The van der Waals surface area contributed by atoms with Crippen LogP contribution in [0.25, 0.3) is 0 Å². The van der Waals surface area contributed by atoms with Gasteiger partial charge >= 0.3 is 0 Å². The minimum Gasteiger partial charge on any atom is -0.492 e. The number of ether oxygens (including phenoxy) is 1. The maximum Gasteiger partial charge on any atom is 0.251 e. The summed E-state index contributed by atoms with van der Waals surface area (Å²) in [5.74, 6) is 0.477. The number of hydrogen-bond acceptors (Lipinski definition) is 3. The first-order chi connectivity index (χ1) is 12.5. The van der Waals surface area contributed by atoms with E-state index in [1.165, 1.54) is 0 Å². The first-order valence-electron chi connectivity index (χ1n) is 8.45. The summed E-state index contributed by atoms with van der Waals surface area (Å²) in [6, 6.07) is 12.7. The molecule has 2 amide bonds. The van der Waals surface area contributed by atoms with Crippen molar-refractivity contribution in [3.63, 3.8) is 0 Å². The molecule has 3 rings (SSSR count). The Morgan fingerprint density at radius 3 is 2.65 bits per heavy atom. The molecular weight excluding hydrogens is 352 g/mol. The smallest absolute Gasteiger partial charge is 0.251 e. The fourth-order valence-electron chi connectivity index (χ4n) is 3.09. The summed E-state index contributed by atoms with van der Waals surface area (Å²) in [6.45, 7) is 0.846. The fourth-order valence-corrected chi connectivity index (χ4v) is 3.29. The van der Waals surface area contributed by atoms with Gasteiger partial charge < -0.3 is 15.0 Å². The number of halogens is 1. The Morgan fingerprint density at radius 1 is 1.23 bits per heavy atom. The van der Waals surface area contributed by atoms with Gasteiger partial charge in [-0.05, 0) is 47.9 Å². The Bertz CT molecular complexity index is 820. The number of rotatable bonds is 4. The van der Waals surface area contributed by atoms with Gasteiger partial charge in [0.25, 0.3) is 5.91 Å². The van der Waals surface area contributed by atoms with Crippen LogP contribution in [0.4, 0.5) is 0 Å². The highest BCUT2D eigenvalue weighted by Crippen LogP contribution is 2.30. The van der Waals surface area contributed by atoms with Gasteiger partial charge in [0.05, 0.1) is 5.92 Å². The maximum absolute atomic E-state index is 12.8. The topological polar surface area (TPSA) is 58.6 Å². The second-order valence-corrected chi connectivity index (χ2v) is 6.87. The minimum absolute atomic E-state index is 0.0333.